The van der Waals surface area contributed by atoms with Crippen LogP contribution >= 0.6 is 0 Å². The van der Waals surface area contributed by atoms with Crippen LogP contribution in [0.5, 0.6) is 0 Å². The van der Waals surface area contributed by atoms with E-state index in [1.165, 1.54) is 6.33 Å². The molecule has 15 heavy (non-hydrogen) atoms. The maximum absolute atomic E-state index is 11.4. The fourth-order valence-corrected chi connectivity index (χ4v) is 1.39. The van der Waals surface area contributed by atoms with Crippen LogP contribution in [-0.2, 0) is 0 Å². The van der Waals surface area contributed by atoms with Gasteiger partial charge in [0.2, 0.25) is 0 Å². The molecule has 0 aliphatic rings. The molecule has 0 saturated heterocycles. The Morgan fingerprint density at radius 2 is 2.20 bits per heavy atom. The second kappa shape index (κ2) is 3.47. The normalized spacial score (nSPS) is 13.6. The van der Waals surface area contributed by atoms with Gasteiger partial charge in [0, 0.05) is 0 Å². The van der Waals surface area contributed by atoms with Gasteiger partial charge in [-0.05, 0) is 21.0 Å². The first kappa shape index (κ1) is 9.85. The Kier molecular flexibility index (Phi) is 2.28. The van der Waals surface area contributed by atoms with E-state index in [1.54, 1.807) is 6.33 Å². The number of hydrogen-bond donors (Lipinski definition) is 1. The van der Waals surface area contributed by atoms with Crippen molar-refractivity contribution >= 4 is 11.2 Å². The molecular formula is C9H13N5O. The van der Waals surface area contributed by atoms with Crippen molar-refractivity contribution in [1.82, 2.24) is 24.4 Å². The summed E-state index contributed by atoms with van der Waals surface area (Å²) in [7, 11) is 3.92. The van der Waals surface area contributed by atoms with Crippen LogP contribution in [0.2, 0.25) is 0 Å². The van der Waals surface area contributed by atoms with E-state index < -0.39 is 0 Å². The third-order valence-corrected chi connectivity index (χ3v) is 2.52. The summed E-state index contributed by atoms with van der Waals surface area (Å²) in [6.07, 6.45) is 3.15. The van der Waals surface area contributed by atoms with Gasteiger partial charge in [0.15, 0.2) is 11.2 Å². The first-order valence-corrected chi connectivity index (χ1v) is 4.68. The molecule has 0 amide bonds. The summed E-state index contributed by atoms with van der Waals surface area (Å²) in [6, 6.07) is 0. The fraction of sp³-hybridized carbons (Fsp3) is 0.444. The molecule has 0 bridgehead atoms. The van der Waals surface area contributed by atoms with Gasteiger partial charge in [-0.1, -0.05) is 0 Å². The second-order valence-corrected chi connectivity index (χ2v) is 3.65. The molecule has 0 saturated carbocycles. The van der Waals surface area contributed by atoms with Crippen LogP contribution in [0.15, 0.2) is 17.4 Å². The highest BCUT2D eigenvalue weighted by atomic mass is 16.1. The van der Waals surface area contributed by atoms with Crippen molar-refractivity contribution < 1.29 is 0 Å². The molecule has 2 aromatic rings. The molecule has 0 fully saturated rings. The topological polar surface area (TPSA) is 66.8 Å². The number of aromatic nitrogens is 4. The molecule has 2 rings (SSSR count). The minimum atomic E-state index is -0.204. The Hall–Kier alpha value is -1.69. The standard InChI is InChI=1S/C9H13N5O/c1-6(13(2)3)14-5-12-7-8(14)10-4-11-9(7)15/h4-6H,1-3H3,(H,10,11,15). The summed E-state index contributed by atoms with van der Waals surface area (Å²) in [6.45, 7) is 2.02. The Bertz CT molecular complexity index is 527. The molecule has 0 aromatic carbocycles. The summed E-state index contributed by atoms with van der Waals surface area (Å²) in [5.74, 6) is 0. The number of aromatic amines is 1. The predicted octanol–water partition coefficient (Wildman–Crippen LogP) is 0.200. The van der Waals surface area contributed by atoms with Gasteiger partial charge in [0.05, 0.1) is 18.8 Å². The number of hydrogen-bond acceptors (Lipinski definition) is 4. The van der Waals surface area contributed by atoms with E-state index in [4.69, 9.17) is 0 Å². The van der Waals surface area contributed by atoms with Crippen LogP contribution in [-0.4, -0.2) is 38.5 Å². The van der Waals surface area contributed by atoms with E-state index in [0.29, 0.717) is 11.2 Å². The van der Waals surface area contributed by atoms with Crippen LogP contribution in [0.25, 0.3) is 11.2 Å². The first-order valence-electron chi connectivity index (χ1n) is 4.68. The van der Waals surface area contributed by atoms with Gasteiger partial charge < -0.3 is 4.98 Å². The molecule has 6 nitrogen and oxygen atoms in total. The van der Waals surface area contributed by atoms with Crippen LogP contribution in [0.3, 0.4) is 0 Å². The monoisotopic (exact) mass is 207 g/mol. The van der Waals surface area contributed by atoms with Gasteiger partial charge in [0.1, 0.15) is 0 Å². The van der Waals surface area contributed by atoms with Gasteiger partial charge in [-0.2, -0.15) is 0 Å². The number of rotatable bonds is 2. The van der Waals surface area contributed by atoms with Gasteiger partial charge in [-0.15, -0.1) is 0 Å². The molecule has 2 aromatic heterocycles. The van der Waals surface area contributed by atoms with Crippen molar-refractivity contribution in [3.8, 4) is 0 Å². The highest BCUT2D eigenvalue weighted by Crippen LogP contribution is 2.13. The maximum Gasteiger partial charge on any atom is 0.278 e. The van der Waals surface area contributed by atoms with Crippen molar-refractivity contribution in [2.75, 3.05) is 14.1 Å². The van der Waals surface area contributed by atoms with Crippen LogP contribution in [0, 0.1) is 0 Å². The quantitative estimate of drug-likeness (QED) is 0.764. The number of nitrogens with zero attached hydrogens (tertiary/aromatic N) is 4. The Morgan fingerprint density at radius 3 is 2.87 bits per heavy atom. The van der Waals surface area contributed by atoms with Crippen molar-refractivity contribution in [2.24, 2.45) is 0 Å². The molecule has 1 atom stereocenters. The van der Waals surface area contributed by atoms with Crippen LogP contribution in [0.1, 0.15) is 13.1 Å². The van der Waals surface area contributed by atoms with E-state index in [9.17, 15) is 4.79 Å². The zero-order valence-electron chi connectivity index (χ0n) is 8.93. The predicted molar refractivity (Wildman–Crippen MR) is 56.5 cm³/mol. The van der Waals surface area contributed by atoms with Crippen molar-refractivity contribution in [1.29, 1.82) is 0 Å². The molecule has 1 unspecified atom stereocenters. The lowest BCUT2D eigenvalue weighted by atomic mass is 10.4. The van der Waals surface area contributed by atoms with E-state index in [0.717, 1.165) is 0 Å². The molecule has 0 radical (unpaired) electrons. The minimum absolute atomic E-state index is 0.115. The smallest absolute Gasteiger partial charge is 0.278 e. The zero-order valence-corrected chi connectivity index (χ0v) is 8.93. The van der Waals surface area contributed by atoms with E-state index in [-0.39, 0.29) is 11.7 Å². The van der Waals surface area contributed by atoms with Crippen LogP contribution in [0.4, 0.5) is 0 Å². The van der Waals surface area contributed by atoms with E-state index >= 15 is 0 Å². The zero-order chi connectivity index (χ0) is 11.0. The van der Waals surface area contributed by atoms with Crippen LogP contribution < -0.4 is 5.56 Å². The average Bonchev–Trinajstić information content (AvgIpc) is 2.61. The van der Waals surface area contributed by atoms with Crippen molar-refractivity contribution in [3.05, 3.63) is 23.0 Å². The molecule has 0 aliphatic heterocycles. The third-order valence-electron chi connectivity index (χ3n) is 2.52. The summed E-state index contributed by atoms with van der Waals surface area (Å²) in [4.78, 5) is 24.1. The maximum atomic E-state index is 11.4. The second-order valence-electron chi connectivity index (χ2n) is 3.65. The van der Waals surface area contributed by atoms with Gasteiger partial charge in [-0.25, -0.2) is 9.97 Å². The largest absolute Gasteiger partial charge is 0.311 e. The van der Waals surface area contributed by atoms with E-state index in [2.05, 4.69) is 15.0 Å². The lowest BCUT2D eigenvalue weighted by molar-refractivity contribution is 0.243. The molecule has 2 heterocycles. The minimum Gasteiger partial charge on any atom is -0.311 e. The molecular weight excluding hydrogens is 194 g/mol. The highest BCUT2D eigenvalue weighted by molar-refractivity contribution is 5.68. The Balaban J connectivity index is 2.64. The van der Waals surface area contributed by atoms with Crippen molar-refractivity contribution in [3.63, 3.8) is 0 Å². The molecule has 0 aliphatic carbocycles. The number of imidazole rings is 1. The summed E-state index contributed by atoms with van der Waals surface area (Å²) < 4.78 is 1.87. The lowest BCUT2D eigenvalue weighted by Crippen LogP contribution is -2.22. The Labute approximate surface area is 86.6 Å². The molecule has 6 heteroatoms. The fourth-order valence-electron chi connectivity index (χ4n) is 1.39. The summed E-state index contributed by atoms with van der Waals surface area (Å²) >= 11 is 0. The Morgan fingerprint density at radius 1 is 1.47 bits per heavy atom. The molecule has 80 valence electrons. The van der Waals surface area contributed by atoms with Gasteiger partial charge in [-0.3, -0.25) is 14.3 Å². The number of nitrogens with one attached hydrogen (secondary N) is 1. The lowest BCUT2D eigenvalue weighted by Gasteiger charge is -2.21. The molecule has 1 N–H and O–H groups in total. The highest BCUT2D eigenvalue weighted by Gasteiger charge is 2.13. The number of fused-ring (bicyclic) bond motifs is 1. The van der Waals surface area contributed by atoms with Gasteiger partial charge in [0.25, 0.3) is 5.56 Å². The van der Waals surface area contributed by atoms with Gasteiger partial charge >= 0.3 is 0 Å². The average molecular weight is 207 g/mol. The molecule has 0 spiro atoms. The van der Waals surface area contributed by atoms with E-state index in [1.807, 2.05) is 30.5 Å². The summed E-state index contributed by atoms with van der Waals surface area (Å²) in [5.41, 5.74) is 0.788. The number of H-pyrrole nitrogens is 1. The van der Waals surface area contributed by atoms with Crippen molar-refractivity contribution in [2.45, 2.75) is 13.1 Å². The summed E-state index contributed by atoms with van der Waals surface area (Å²) in [5, 5.41) is 0. The SMILES string of the molecule is CC(N(C)C)n1cnc2c(=O)[nH]cnc21. The third kappa shape index (κ3) is 1.52. The first-order chi connectivity index (χ1) is 7.11.